The summed E-state index contributed by atoms with van der Waals surface area (Å²) in [5, 5.41) is 2.98. The molecule has 0 saturated carbocycles. The van der Waals surface area contributed by atoms with E-state index in [1.165, 1.54) is 42.8 Å². The Balaban J connectivity index is 1.92. The summed E-state index contributed by atoms with van der Waals surface area (Å²) in [6.07, 6.45) is 3.16. The summed E-state index contributed by atoms with van der Waals surface area (Å²) in [4.78, 5) is 48.5. The van der Waals surface area contributed by atoms with Crippen LogP contribution in [0.25, 0.3) is 6.08 Å². The largest absolute Gasteiger partial charge is 0.466 e. The fourth-order valence-electron chi connectivity index (χ4n) is 2.45. The molecule has 0 atom stereocenters. The highest BCUT2D eigenvalue weighted by Gasteiger charge is 2.27. The lowest BCUT2D eigenvalue weighted by atomic mass is 10.2. The Labute approximate surface area is 172 Å². The van der Waals surface area contributed by atoms with Gasteiger partial charge in [0.15, 0.2) is 0 Å². The zero-order valence-corrected chi connectivity index (χ0v) is 17.0. The van der Waals surface area contributed by atoms with Crippen LogP contribution in [0.2, 0.25) is 0 Å². The maximum atomic E-state index is 12.3. The minimum absolute atomic E-state index is 0.0304. The van der Waals surface area contributed by atoms with E-state index >= 15 is 0 Å². The van der Waals surface area contributed by atoms with E-state index in [-0.39, 0.29) is 29.9 Å². The topological polar surface area (TPSA) is 102 Å². The zero-order chi connectivity index (χ0) is 21.2. The first-order chi connectivity index (χ1) is 13.9. The number of nitrogens with zero attached hydrogens (tertiary/aromatic N) is 1. The number of hydrogen-bond acceptors (Lipinski definition) is 7. The summed E-state index contributed by atoms with van der Waals surface area (Å²) < 4.78 is 9.81. The van der Waals surface area contributed by atoms with Crippen LogP contribution in [0.15, 0.2) is 47.1 Å². The second-order valence-electron chi connectivity index (χ2n) is 5.98. The van der Waals surface area contributed by atoms with Gasteiger partial charge in [0.1, 0.15) is 5.70 Å². The van der Waals surface area contributed by atoms with Gasteiger partial charge in [0, 0.05) is 13.5 Å². The quantitative estimate of drug-likeness (QED) is 0.389. The number of carbonyl (C=O) groups is 4. The van der Waals surface area contributed by atoms with Gasteiger partial charge in [-0.15, -0.1) is 0 Å². The van der Waals surface area contributed by atoms with Crippen molar-refractivity contribution in [3.63, 3.8) is 0 Å². The lowest BCUT2D eigenvalue weighted by Gasteiger charge is -2.17. The number of methoxy groups -OCH3 is 1. The number of hydrogen-bond donors (Lipinski definition) is 1. The van der Waals surface area contributed by atoms with Crippen molar-refractivity contribution in [2.75, 3.05) is 26.0 Å². The van der Waals surface area contributed by atoms with Crippen LogP contribution in [-0.2, 0) is 28.7 Å². The third-order valence-corrected chi connectivity index (χ3v) is 4.78. The molecule has 154 valence electrons. The number of benzene rings is 1. The number of ether oxygens (including phenoxy) is 2. The first kappa shape index (κ1) is 22.2. The maximum Gasteiger partial charge on any atom is 0.354 e. The van der Waals surface area contributed by atoms with Gasteiger partial charge < -0.3 is 19.7 Å². The first-order valence-electron chi connectivity index (χ1n) is 8.85. The standard InChI is InChI=1S/C20H22N2O6S/c1-14(23)21-16(11-15-7-4-3-5-8-15)20(26)28-10-6-9-22-17(24)13-29-18(22)12-19(25)27-2/h3-5,7-8,11-12H,6,9-10,13H2,1-2H3,(H,21,23)/b16-11+,18-12+. The van der Waals surface area contributed by atoms with E-state index in [0.29, 0.717) is 18.0 Å². The Hall–Kier alpha value is -3.07. The third kappa shape index (κ3) is 7.11. The number of amides is 2. The summed E-state index contributed by atoms with van der Waals surface area (Å²) in [6.45, 7) is 1.64. The average molecular weight is 418 g/mol. The Morgan fingerprint density at radius 3 is 2.62 bits per heavy atom. The summed E-state index contributed by atoms with van der Waals surface area (Å²) >= 11 is 1.25. The van der Waals surface area contributed by atoms with Gasteiger partial charge in [-0.1, -0.05) is 42.1 Å². The van der Waals surface area contributed by atoms with Gasteiger partial charge in [-0.2, -0.15) is 0 Å². The Morgan fingerprint density at radius 1 is 1.24 bits per heavy atom. The molecule has 1 N–H and O–H groups in total. The molecular formula is C20H22N2O6S. The molecule has 8 nitrogen and oxygen atoms in total. The Kier molecular flexibility index (Phi) is 8.47. The number of nitrogens with one attached hydrogen (secondary N) is 1. The van der Waals surface area contributed by atoms with Crippen LogP contribution in [-0.4, -0.2) is 54.7 Å². The Morgan fingerprint density at radius 2 is 1.97 bits per heavy atom. The summed E-state index contributed by atoms with van der Waals surface area (Å²) in [5.74, 6) is -1.48. The molecule has 1 fully saturated rings. The second-order valence-corrected chi connectivity index (χ2v) is 6.97. The molecule has 1 aliphatic rings. The van der Waals surface area contributed by atoms with E-state index in [0.717, 1.165) is 5.56 Å². The van der Waals surface area contributed by atoms with E-state index in [2.05, 4.69) is 10.1 Å². The third-order valence-electron chi connectivity index (χ3n) is 3.75. The van der Waals surface area contributed by atoms with Gasteiger partial charge in [-0.25, -0.2) is 9.59 Å². The fraction of sp³-hybridized carbons (Fsp3) is 0.300. The molecule has 1 aromatic rings. The van der Waals surface area contributed by atoms with Crippen molar-refractivity contribution >= 4 is 41.6 Å². The maximum absolute atomic E-state index is 12.3. The highest BCUT2D eigenvalue weighted by Crippen LogP contribution is 2.28. The van der Waals surface area contributed by atoms with Crippen molar-refractivity contribution in [3.8, 4) is 0 Å². The van der Waals surface area contributed by atoms with Gasteiger partial charge in [0.05, 0.1) is 30.6 Å². The molecule has 1 aliphatic heterocycles. The molecule has 0 aromatic heterocycles. The van der Waals surface area contributed by atoms with E-state index < -0.39 is 11.9 Å². The lowest BCUT2D eigenvalue weighted by Crippen LogP contribution is -2.29. The molecule has 0 spiro atoms. The second kappa shape index (κ2) is 11.1. The minimum Gasteiger partial charge on any atom is -0.466 e. The summed E-state index contributed by atoms with van der Waals surface area (Å²) in [5.41, 5.74) is 0.772. The number of thioether (sulfide) groups is 1. The first-order valence-corrected chi connectivity index (χ1v) is 9.83. The van der Waals surface area contributed by atoms with Gasteiger partial charge in [0.25, 0.3) is 0 Å². The van der Waals surface area contributed by atoms with Crippen molar-refractivity contribution in [1.82, 2.24) is 10.2 Å². The Bertz CT molecular complexity index is 835. The average Bonchev–Trinajstić information content (AvgIpc) is 3.04. The lowest BCUT2D eigenvalue weighted by molar-refractivity contribution is -0.140. The monoisotopic (exact) mass is 418 g/mol. The molecule has 29 heavy (non-hydrogen) atoms. The number of rotatable bonds is 8. The number of esters is 2. The van der Waals surface area contributed by atoms with E-state index in [1.807, 2.05) is 18.2 Å². The molecule has 1 saturated heterocycles. The van der Waals surface area contributed by atoms with Crippen molar-refractivity contribution in [3.05, 3.63) is 52.7 Å². The zero-order valence-electron chi connectivity index (χ0n) is 16.2. The van der Waals surface area contributed by atoms with Crippen LogP contribution in [0.4, 0.5) is 0 Å². The molecule has 0 bridgehead atoms. The molecule has 1 aromatic carbocycles. The van der Waals surface area contributed by atoms with Crippen LogP contribution in [0, 0.1) is 0 Å². The van der Waals surface area contributed by atoms with E-state index in [9.17, 15) is 19.2 Å². The normalized spacial score (nSPS) is 15.4. The molecule has 0 unspecified atom stereocenters. The predicted molar refractivity (Wildman–Crippen MR) is 108 cm³/mol. The molecule has 2 amide bonds. The molecule has 2 rings (SSSR count). The van der Waals surface area contributed by atoms with Crippen molar-refractivity contribution < 1.29 is 28.7 Å². The molecular weight excluding hydrogens is 396 g/mol. The SMILES string of the molecule is COC(=O)/C=C1/SCC(=O)N1CCCOC(=O)/C(=C\c1ccccc1)NC(C)=O. The number of carbonyl (C=O) groups excluding carboxylic acids is 4. The smallest absolute Gasteiger partial charge is 0.354 e. The van der Waals surface area contributed by atoms with Gasteiger partial charge in [-0.05, 0) is 18.1 Å². The van der Waals surface area contributed by atoms with Crippen LogP contribution >= 0.6 is 11.8 Å². The predicted octanol–water partition coefficient (Wildman–Crippen LogP) is 1.69. The van der Waals surface area contributed by atoms with E-state index in [1.54, 1.807) is 12.1 Å². The van der Waals surface area contributed by atoms with Crippen LogP contribution in [0.1, 0.15) is 18.9 Å². The van der Waals surface area contributed by atoms with Crippen LogP contribution in [0.5, 0.6) is 0 Å². The van der Waals surface area contributed by atoms with Crippen LogP contribution < -0.4 is 5.32 Å². The summed E-state index contributed by atoms with van der Waals surface area (Å²) in [6, 6.07) is 9.05. The molecule has 0 aliphatic carbocycles. The van der Waals surface area contributed by atoms with E-state index in [4.69, 9.17) is 4.74 Å². The van der Waals surface area contributed by atoms with Crippen molar-refractivity contribution in [1.29, 1.82) is 0 Å². The minimum atomic E-state index is -0.670. The fourth-order valence-corrected chi connectivity index (χ4v) is 3.40. The van der Waals surface area contributed by atoms with Crippen molar-refractivity contribution in [2.24, 2.45) is 0 Å². The van der Waals surface area contributed by atoms with Crippen molar-refractivity contribution in [2.45, 2.75) is 13.3 Å². The van der Waals surface area contributed by atoms with Gasteiger partial charge in [0.2, 0.25) is 11.8 Å². The highest BCUT2D eigenvalue weighted by atomic mass is 32.2. The molecule has 1 heterocycles. The molecule has 0 radical (unpaired) electrons. The summed E-state index contributed by atoms with van der Waals surface area (Å²) in [7, 11) is 1.26. The molecule has 9 heteroatoms. The van der Waals surface area contributed by atoms with Crippen LogP contribution in [0.3, 0.4) is 0 Å². The van der Waals surface area contributed by atoms with Gasteiger partial charge >= 0.3 is 11.9 Å². The van der Waals surface area contributed by atoms with Gasteiger partial charge in [-0.3, -0.25) is 9.59 Å². The highest BCUT2D eigenvalue weighted by molar-refractivity contribution is 8.04.